The molecule has 0 bridgehead atoms. The minimum Gasteiger partial charge on any atom is -0.339 e. The van der Waals surface area contributed by atoms with E-state index in [0.29, 0.717) is 6.42 Å². The van der Waals surface area contributed by atoms with Gasteiger partial charge in [-0.15, -0.1) is 12.4 Å². The Kier molecular flexibility index (Phi) is 7.87. The predicted octanol–water partition coefficient (Wildman–Crippen LogP) is 2.27. The zero-order valence-electron chi connectivity index (χ0n) is 13.6. The van der Waals surface area contributed by atoms with Gasteiger partial charge in [0.05, 0.1) is 0 Å². The maximum Gasteiger partial charge on any atom is 0.224 e. The van der Waals surface area contributed by atoms with Crippen molar-refractivity contribution in [1.82, 2.24) is 9.80 Å². The number of hydrogen-bond acceptors (Lipinski definition) is 3. The molecule has 2 rings (SSSR count). The molecule has 1 aromatic rings. The van der Waals surface area contributed by atoms with Gasteiger partial charge in [-0.25, -0.2) is 0 Å². The van der Waals surface area contributed by atoms with Crippen molar-refractivity contribution in [3.63, 3.8) is 0 Å². The molecule has 1 fully saturated rings. The largest absolute Gasteiger partial charge is 0.339 e. The van der Waals surface area contributed by atoms with Crippen molar-refractivity contribution in [2.45, 2.75) is 45.3 Å². The van der Waals surface area contributed by atoms with E-state index in [4.69, 9.17) is 5.73 Å². The van der Waals surface area contributed by atoms with Gasteiger partial charge < -0.3 is 10.6 Å². The van der Waals surface area contributed by atoms with Gasteiger partial charge in [-0.3, -0.25) is 9.69 Å². The molecular formula is C17H28ClN3O. The second kappa shape index (κ2) is 9.13. The monoisotopic (exact) mass is 325 g/mol. The first-order chi connectivity index (χ1) is 10.1. The summed E-state index contributed by atoms with van der Waals surface area (Å²) in [5.74, 6) is 0.194. The average Bonchev–Trinajstić information content (AvgIpc) is 2.60. The Labute approximate surface area is 140 Å². The normalized spacial score (nSPS) is 20.9. The van der Waals surface area contributed by atoms with Crippen molar-refractivity contribution < 1.29 is 4.79 Å². The van der Waals surface area contributed by atoms with Gasteiger partial charge in [-0.05, 0) is 25.8 Å². The molecule has 1 aliphatic heterocycles. The Hall–Kier alpha value is -1.10. The van der Waals surface area contributed by atoms with Crippen LogP contribution in [0.3, 0.4) is 0 Å². The van der Waals surface area contributed by atoms with Crippen LogP contribution >= 0.6 is 12.4 Å². The molecule has 2 atom stereocenters. The van der Waals surface area contributed by atoms with Crippen LogP contribution in [0.4, 0.5) is 0 Å². The number of carbonyl (C=O) groups is 1. The standard InChI is InChI=1S/C17H27N3O.ClH/c1-14(18)11-17(21)20-10-6-9-19(12-15(20)2)13-16-7-4-3-5-8-16;/h3-5,7-8,14-15H,6,9-13,18H2,1-2H3;1H. The van der Waals surface area contributed by atoms with E-state index in [1.165, 1.54) is 5.56 Å². The molecule has 1 aliphatic rings. The van der Waals surface area contributed by atoms with E-state index in [0.717, 1.165) is 32.6 Å². The number of rotatable bonds is 4. The van der Waals surface area contributed by atoms with E-state index in [1.807, 2.05) is 17.9 Å². The summed E-state index contributed by atoms with van der Waals surface area (Å²) in [7, 11) is 0. The maximum atomic E-state index is 12.3. The lowest BCUT2D eigenvalue weighted by Gasteiger charge is -2.29. The number of nitrogens with two attached hydrogens (primary N) is 1. The molecule has 2 N–H and O–H groups in total. The maximum absolute atomic E-state index is 12.3. The second-order valence-electron chi connectivity index (χ2n) is 6.19. The fraction of sp³-hybridized carbons (Fsp3) is 0.588. The molecular weight excluding hydrogens is 298 g/mol. The molecule has 1 aromatic carbocycles. The van der Waals surface area contributed by atoms with Crippen LogP contribution in [0.2, 0.25) is 0 Å². The molecule has 1 amide bonds. The fourth-order valence-corrected chi connectivity index (χ4v) is 3.00. The molecule has 1 saturated heterocycles. The lowest BCUT2D eigenvalue weighted by atomic mass is 10.2. The van der Waals surface area contributed by atoms with Crippen LogP contribution < -0.4 is 5.73 Å². The molecule has 1 heterocycles. The Morgan fingerprint density at radius 1 is 1.32 bits per heavy atom. The quantitative estimate of drug-likeness (QED) is 0.924. The zero-order valence-corrected chi connectivity index (χ0v) is 14.4. The molecule has 5 heteroatoms. The van der Waals surface area contributed by atoms with E-state index in [1.54, 1.807) is 0 Å². The average molecular weight is 326 g/mol. The third-order valence-electron chi connectivity index (χ3n) is 3.99. The summed E-state index contributed by atoms with van der Waals surface area (Å²) in [6, 6.07) is 10.7. The van der Waals surface area contributed by atoms with Crippen molar-refractivity contribution in [3.05, 3.63) is 35.9 Å². The van der Waals surface area contributed by atoms with Gasteiger partial charge in [0.2, 0.25) is 5.91 Å². The highest BCUT2D eigenvalue weighted by molar-refractivity contribution is 5.85. The molecule has 0 aromatic heterocycles. The SMILES string of the molecule is CC(N)CC(=O)N1CCCN(Cc2ccccc2)CC1C.Cl. The summed E-state index contributed by atoms with van der Waals surface area (Å²) in [5.41, 5.74) is 7.09. The van der Waals surface area contributed by atoms with E-state index in [9.17, 15) is 4.79 Å². The fourth-order valence-electron chi connectivity index (χ4n) is 3.00. The molecule has 0 saturated carbocycles. The summed E-state index contributed by atoms with van der Waals surface area (Å²) < 4.78 is 0. The first-order valence-electron chi connectivity index (χ1n) is 7.87. The van der Waals surface area contributed by atoms with Crippen LogP contribution in [0.1, 0.15) is 32.3 Å². The van der Waals surface area contributed by atoms with Crippen molar-refractivity contribution in [2.75, 3.05) is 19.6 Å². The lowest BCUT2D eigenvalue weighted by Crippen LogP contribution is -2.44. The van der Waals surface area contributed by atoms with Gasteiger partial charge in [-0.2, -0.15) is 0 Å². The van der Waals surface area contributed by atoms with Gasteiger partial charge in [0.15, 0.2) is 0 Å². The topological polar surface area (TPSA) is 49.6 Å². The van der Waals surface area contributed by atoms with Gasteiger partial charge in [0.25, 0.3) is 0 Å². The Bertz CT molecular complexity index is 452. The number of benzene rings is 1. The minimum absolute atomic E-state index is 0. The van der Waals surface area contributed by atoms with E-state index in [2.05, 4.69) is 36.1 Å². The van der Waals surface area contributed by atoms with Crippen LogP contribution in [0.15, 0.2) is 30.3 Å². The van der Waals surface area contributed by atoms with E-state index in [-0.39, 0.29) is 30.4 Å². The van der Waals surface area contributed by atoms with Gasteiger partial charge in [0, 0.05) is 44.7 Å². The van der Waals surface area contributed by atoms with Crippen molar-refractivity contribution in [3.8, 4) is 0 Å². The third-order valence-corrected chi connectivity index (χ3v) is 3.99. The number of nitrogens with zero attached hydrogens (tertiary/aromatic N) is 2. The highest BCUT2D eigenvalue weighted by Gasteiger charge is 2.25. The molecule has 22 heavy (non-hydrogen) atoms. The summed E-state index contributed by atoms with van der Waals surface area (Å²) in [5, 5.41) is 0. The zero-order chi connectivity index (χ0) is 15.2. The van der Waals surface area contributed by atoms with Crippen LogP contribution in [0.25, 0.3) is 0 Å². The Morgan fingerprint density at radius 3 is 2.64 bits per heavy atom. The van der Waals surface area contributed by atoms with Crippen molar-refractivity contribution in [1.29, 1.82) is 0 Å². The highest BCUT2D eigenvalue weighted by atomic mass is 35.5. The first kappa shape index (κ1) is 18.9. The van der Waals surface area contributed by atoms with E-state index >= 15 is 0 Å². The smallest absolute Gasteiger partial charge is 0.224 e. The molecule has 124 valence electrons. The van der Waals surface area contributed by atoms with Crippen LogP contribution in [0, 0.1) is 0 Å². The van der Waals surface area contributed by atoms with Crippen LogP contribution in [-0.2, 0) is 11.3 Å². The highest BCUT2D eigenvalue weighted by Crippen LogP contribution is 2.14. The van der Waals surface area contributed by atoms with Crippen molar-refractivity contribution >= 4 is 18.3 Å². The minimum atomic E-state index is -0.0617. The predicted molar refractivity (Wildman–Crippen MR) is 93.0 cm³/mol. The van der Waals surface area contributed by atoms with Crippen LogP contribution in [0.5, 0.6) is 0 Å². The molecule has 0 radical (unpaired) electrons. The molecule has 0 spiro atoms. The Balaban J connectivity index is 0.00000242. The summed E-state index contributed by atoms with van der Waals surface area (Å²) in [6.07, 6.45) is 1.48. The van der Waals surface area contributed by atoms with Gasteiger partial charge >= 0.3 is 0 Å². The first-order valence-corrected chi connectivity index (χ1v) is 7.87. The van der Waals surface area contributed by atoms with E-state index < -0.39 is 0 Å². The number of hydrogen-bond donors (Lipinski definition) is 1. The molecule has 4 nitrogen and oxygen atoms in total. The molecule has 2 unspecified atom stereocenters. The third kappa shape index (κ3) is 5.59. The van der Waals surface area contributed by atoms with Gasteiger partial charge in [-0.1, -0.05) is 30.3 Å². The van der Waals surface area contributed by atoms with Crippen molar-refractivity contribution in [2.24, 2.45) is 5.73 Å². The van der Waals surface area contributed by atoms with Gasteiger partial charge in [0.1, 0.15) is 0 Å². The second-order valence-corrected chi connectivity index (χ2v) is 6.19. The van der Waals surface area contributed by atoms with Crippen LogP contribution in [-0.4, -0.2) is 47.4 Å². The number of carbonyl (C=O) groups excluding carboxylic acids is 1. The molecule has 0 aliphatic carbocycles. The Morgan fingerprint density at radius 2 is 2.00 bits per heavy atom. The lowest BCUT2D eigenvalue weighted by molar-refractivity contribution is -0.133. The summed E-state index contributed by atoms with van der Waals surface area (Å²) in [4.78, 5) is 16.7. The number of amides is 1. The summed E-state index contributed by atoms with van der Waals surface area (Å²) >= 11 is 0. The summed E-state index contributed by atoms with van der Waals surface area (Å²) in [6.45, 7) is 7.81. The number of halogens is 1.